The van der Waals surface area contributed by atoms with Crippen LogP contribution in [0, 0.1) is 6.92 Å². The van der Waals surface area contributed by atoms with Crippen molar-refractivity contribution in [3.8, 4) is 0 Å². The summed E-state index contributed by atoms with van der Waals surface area (Å²) in [6, 6.07) is 7.28. The molecule has 0 spiro atoms. The van der Waals surface area contributed by atoms with E-state index in [1.807, 2.05) is 19.1 Å². The summed E-state index contributed by atoms with van der Waals surface area (Å²) in [6.07, 6.45) is 3.90. The Kier molecular flexibility index (Phi) is 4.20. The van der Waals surface area contributed by atoms with Crippen molar-refractivity contribution in [3.63, 3.8) is 0 Å². The van der Waals surface area contributed by atoms with Crippen LogP contribution in [0.2, 0.25) is 0 Å². The van der Waals surface area contributed by atoms with E-state index in [9.17, 15) is 14.1 Å². The second-order valence-corrected chi connectivity index (χ2v) is 6.16. The van der Waals surface area contributed by atoms with Crippen molar-refractivity contribution in [1.82, 2.24) is 0 Å². The third-order valence-corrected chi connectivity index (χ3v) is 4.54. The Balaban J connectivity index is 2.18. The van der Waals surface area contributed by atoms with Crippen LogP contribution >= 0.6 is 0 Å². The molecule has 0 fully saturated rings. The quantitative estimate of drug-likeness (QED) is 0.913. The summed E-state index contributed by atoms with van der Waals surface area (Å²) < 4.78 is 17.2. The molecule has 20 heavy (non-hydrogen) atoms. The first-order chi connectivity index (χ1) is 9.43. The lowest BCUT2D eigenvalue weighted by molar-refractivity contribution is -0.114. The smallest absolute Gasteiger partial charge is 0.219 e. The number of benzene rings is 1. The van der Waals surface area contributed by atoms with Crippen LogP contribution < -0.4 is 0 Å². The number of hydrogen-bond acceptors (Lipinski definition) is 4. The Hall–Kier alpha value is -1.72. The number of hydrogen-bond donors (Lipinski definition) is 1. The predicted octanol–water partition coefficient (Wildman–Crippen LogP) is 1.50. The standard InChI is InChI=1S/C15H16O4S/c1-11-3-5-12(6-4-11)20(18)10-15(17)8-7-13(16)14(9-15)19-2/h3-9,17H,10H2,1-2H3/t15-,20-/m1/s1. The van der Waals surface area contributed by atoms with Crippen LogP contribution in [0.3, 0.4) is 0 Å². The Morgan fingerprint density at radius 1 is 1.30 bits per heavy atom. The number of allylic oxidation sites excluding steroid dienone is 1. The molecule has 1 aromatic carbocycles. The molecule has 106 valence electrons. The number of aryl methyl sites for hydroxylation is 1. The van der Waals surface area contributed by atoms with Crippen molar-refractivity contribution in [2.45, 2.75) is 17.4 Å². The zero-order valence-electron chi connectivity index (χ0n) is 11.3. The van der Waals surface area contributed by atoms with Gasteiger partial charge in [-0.05, 0) is 37.3 Å². The molecule has 1 aliphatic carbocycles. The van der Waals surface area contributed by atoms with Crippen LogP contribution in [0.5, 0.6) is 0 Å². The molecule has 0 aliphatic heterocycles. The minimum atomic E-state index is -1.44. The average Bonchev–Trinajstić information content (AvgIpc) is 2.42. The first-order valence-electron chi connectivity index (χ1n) is 6.11. The van der Waals surface area contributed by atoms with E-state index in [4.69, 9.17) is 4.74 Å². The lowest BCUT2D eigenvalue weighted by Gasteiger charge is -2.23. The summed E-state index contributed by atoms with van der Waals surface area (Å²) in [7, 11) is -0.00808. The van der Waals surface area contributed by atoms with E-state index in [1.165, 1.54) is 25.3 Å². The van der Waals surface area contributed by atoms with Gasteiger partial charge in [-0.25, -0.2) is 0 Å². The molecule has 2 atom stereocenters. The van der Waals surface area contributed by atoms with E-state index in [1.54, 1.807) is 12.1 Å². The largest absolute Gasteiger partial charge is 0.493 e. The average molecular weight is 292 g/mol. The van der Waals surface area contributed by atoms with Gasteiger partial charge in [0.1, 0.15) is 5.60 Å². The Morgan fingerprint density at radius 2 is 1.95 bits per heavy atom. The van der Waals surface area contributed by atoms with Crippen molar-refractivity contribution in [3.05, 3.63) is 53.8 Å². The molecule has 5 heteroatoms. The topological polar surface area (TPSA) is 63.6 Å². The number of carbonyl (C=O) groups is 1. The summed E-state index contributed by atoms with van der Waals surface area (Å²) in [4.78, 5) is 12.1. The Morgan fingerprint density at radius 3 is 2.55 bits per heavy atom. The Labute approximate surface area is 120 Å². The van der Waals surface area contributed by atoms with Crippen molar-refractivity contribution in [2.24, 2.45) is 0 Å². The summed E-state index contributed by atoms with van der Waals surface area (Å²) >= 11 is 0. The Bertz CT molecular complexity index is 601. The maximum Gasteiger partial charge on any atom is 0.219 e. The fraction of sp³-hybridized carbons (Fsp3) is 0.267. The van der Waals surface area contributed by atoms with Crippen molar-refractivity contribution >= 4 is 16.6 Å². The van der Waals surface area contributed by atoms with Crippen LogP contribution in [0.25, 0.3) is 0 Å². The highest BCUT2D eigenvalue weighted by molar-refractivity contribution is 7.85. The molecule has 0 bridgehead atoms. The number of ketones is 1. The van der Waals surface area contributed by atoms with Gasteiger partial charge in [-0.2, -0.15) is 0 Å². The maximum atomic E-state index is 12.3. The van der Waals surface area contributed by atoms with E-state index < -0.39 is 16.4 Å². The molecule has 0 aromatic heterocycles. The summed E-state index contributed by atoms with van der Waals surface area (Å²) in [5.41, 5.74) is -0.358. The van der Waals surface area contributed by atoms with E-state index in [0.717, 1.165) is 5.56 Å². The molecule has 4 nitrogen and oxygen atoms in total. The van der Waals surface area contributed by atoms with Crippen molar-refractivity contribution < 1.29 is 18.8 Å². The number of methoxy groups -OCH3 is 1. The molecule has 0 saturated carbocycles. The second-order valence-electron chi connectivity index (χ2n) is 4.70. The first-order valence-corrected chi connectivity index (χ1v) is 7.43. The zero-order valence-corrected chi connectivity index (χ0v) is 12.1. The van der Waals surface area contributed by atoms with Crippen LogP contribution in [0.15, 0.2) is 53.1 Å². The SMILES string of the molecule is COC1=C[C@@](O)(C[S@@](=O)c2ccc(C)cc2)C=CC1=O. The minimum Gasteiger partial charge on any atom is -0.493 e. The van der Waals surface area contributed by atoms with Gasteiger partial charge >= 0.3 is 0 Å². The first kappa shape index (κ1) is 14.7. The maximum absolute atomic E-state index is 12.3. The highest BCUT2D eigenvalue weighted by atomic mass is 32.2. The molecule has 2 rings (SSSR count). The van der Waals surface area contributed by atoms with E-state index in [2.05, 4.69) is 0 Å². The van der Waals surface area contributed by atoms with Gasteiger partial charge < -0.3 is 9.84 Å². The molecule has 0 unspecified atom stereocenters. The third kappa shape index (κ3) is 3.23. The molecule has 0 heterocycles. The highest BCUT2D eigenvalue weighted by Crippen LogP contribution is 2.22. The van der Waals surface area contributed by atoms with E-state index in [-0.39, 0.29) is 17.3 Å². The van der Waals surface area contributed by atoms with E-state index in [0.29, 0.717) is 4.90 Å². The van der Waals surface area contributed by atoms with Gasteiger partial charge in [0.2, 0.25) is 5.78 Å². The van der Waals surface area contributed by atoms with E-state index >= 15 is 0 Å². The van der Waals surface area contributed by atoms with Crippen LogP contribution in [-0.4, -0.2) is 33.6 Å². The molecule has 0 amide bonds. The van der Waals surface area contributed by atoms with Crippen LogP contribution in [0.1, 0.15) is 5.56 Å². The molecule has 1 N–H and O–H groups in total. The van der Waals surface area contributed by atoms with Gasteiger partial charge in [0.15, 0.2) is 5.76 Å². The van der Waals surface area contributed by atoms with Crippen molar-refractivity contribution in [2.75, 3.05) is 12.9 Å². The van der Waals surface area contributed by atoms with Gasteiger partial charge in [0.25, 0.3) is 0 Å². The number of aliphatic hydroxyl groups is 1. The summed E-state index contributed by atoms with van der Waals surface area (Å²) in [6.45, 7) is 1.95. The zero-order chi connectivity index (χ0) is 14.8. The fourth-order valence-electron chi connectivity index (χ4n) is 1.88. The third-order valence-electron chi connectivity index (χ3n) is 3.01. The second kappa shape index (κ2) is 5.73. The number of rotatable bonds is 4. The monoisotopic (exact) mass is 292 g/mol. The van der Waals surface area contributed by atoms with Gasteiger partial charge in [-0.1, -0.05) is 17.7 Å². The summed E-state index contributed by atoms with van der Waals surface area (Å²) in [5.74, 6) is -0.263. The van der Waals surface area contributed by atoms with Gasteiger partial charge in [-0.15, -0.1) is 0 Å². The highest BCUT2D eigenvalue weighted by Gasteiger charge is 2.30. The van der Waals surface area contributed by atoms with Gasteiger partial charge in [-0.3, -0.25) is 9.00 Å². The number of ether oxygens (including phenoxy) is 1. The van der Waals surface area contributed by atoms with Crippen molar-refractivity contribution in [1.29, 1.82) is 0 Å². The molecule has 1 aliphatic rings. The van der Waals surface area contributed by atoms with Crippen LogP contribution in [-0.2, 0) is 20.3 Å². The molecule has 0 radical (unpaired) electrons. The van der Waals surface area contributed by atoms with Crippen LogP contribution in [0.4, 0.5) is 0 Å². The lowest BCUT2D eigenvalue weighted by Crippen LogP contribution is -2.34. The molecular weight excluding hydrogens is 276 g/mol. The summed E-state index contributed by atoms with van der Waals surface area (Å²) in [5, 5.41) is 10.4. The minimum absolute atomic E-state index is 0.0211. The fourth-order valence-corrected chi connectivity index (χ4v) is 3.09. The van der Waals surface area contributed by atoms with Gasteiger partial charge in [0, 0.05) is 4.90 Å². The predicted molar refractivity (Wildman–Crippen MR) is 76.6 cm³/mol. The normalized spacial score (nSPS) is 23.4. The lowest BCUT2D eigenvalue weighted by atomic mass is 9.98. The molecule has 1 aromatic rings. The molecule has 0 saturated heterocycles. The van der Waals surface area contributed by atoms with Gasteiger partial charge in [0.05, 0.1) is 23.7 Å². The molecular formula is C15H16O4S. The number of carbonyl (C=O) groups excluding carboxylic acids is 1.